The second-order valence-electron chi connectivity index (χ2n) is 25.6. The molecule has 4 amide bonds. The van der Waals surface area contributed by atoms with Gasteiger partial charge in [0.05, 0.1) is 55.3 Å². The molecular weight excluding hydrogens is 1080 g/mol. The van der Waals surface area contributed by atoms with E-state index < -0.39 is 89.6 Å². The van der Waals surface area contributed by atoms with E-state index in [1.807, 2.05) is 44.7 Å². The van der Waals surface area contributed by atoms with Crippen LogP contribution in [0.25, 0.3) is 0 Å². The number of carboxylic acid groups (broad SMARTS) is 1. The monoisotopic (exact) mass is 1170 g/mol. The van der Waals surface area contributed by atoms with E-state index in [0.717, 1.165) is 62.7 Å². The molecule has 20 atom stereocenters. The summed E-state index contributed by atoms with van der Waals surface area (Å²) >= 11 is 1.87. The number of thioether (sulfide) groups is 1. The lowest BCUT2D eigenvalue weighted by atomic mass is 9.78. The molecule has 8 saturated heterocycles. The Kier molecular flexibility index (Phi) is 20.6. The number of hydrogen-bond acceptors (Lipinski definition) is 17. The van der Waals surface area contributed by atoms with Gasteiger partial charge in [-0.1, -0.05) is 51.5 Å². The highest BCUT2D eigenvalue weighted by Gasteiger charge is 2.63. The number of urea groups is 1. The molecule has 9 heterocycles. The van der Waals surface area contributed by atoms with Gasteiger partial charge in [-0.15, -0.1) is 0 Å². The normalized spacial score (nSPS) is 40.1. The second-order valence-corrected chi connectivity index (χ2v) is 26.9. The number of carboxylic acids is 1. The molecule has 0 bridgehead atoms. The number of aliphatic hydroxyl groups is 4. The fourth-order valence-electron chi connectivity index (χ4n) is 14.1. The number of rotatable bonds is 22. The summed E-state index contributed by atoms with van der Waals surface area (Å²) in [6.45, 7) is 15.0. The Labute approximate surface area is 487 Å². The van der Waals surface area contributed by atoms with Crippen molar-refractivity contribution in [2.45, 2.75) is 270 Å². The Hall–Kier alpha value is -3.39. The molecule has 82 heavy (non-hydrogen) atoms. The molecule has 0 aromatic heterocycles. The third kappa shape index (κ3) is 14.7. The third-order valence-corrected chi connectivity index (χ3v) is 20.4. The van der Waals surface area contributed by atoms with Crippen molar-refractivity contribution in [1.29, 1.82) is 0 Å². The second kappa shape index (κ2) is 26.7. The van der Waals surface area contributed by atoms with Gasteiger partial charge < -0.3 is 84.7 Å². The fourth-order valence-corrected chi connectivity index (χ4v) is 15.6. The zero-order valence-electron chi connectivity index (χ0n) is 48.8. The molecule has 0 aliphatic carbocycles. The van der Waals surface area contributed by atoms with Crippen LogP contribution < -0.4 is 21.3 Å². The lowest BCUT2D eigenvalue weighted by Crippen LogP contribution is -2.67. The molecule has 462 valence electrons. The maximum Gasteiger partial charge on any atom is 0.410 e. The molecule has 8 fully saturated rings. The zero-order valence-corrected chi connectivity index (χ0v) is 49.6. The van der Waals surface area contributed by atoms with Crippen LogP contribution in [0, 0.1) is 17.8 Å². The standard InChI is InChI=1S/C60H94N4O17S/c1-35-30-45(78-59(32-35)47(66)19-18-41(77-59)33-56(6,72)53(68)69)36(2)16-17-40-21-25-58(76-40)26-22-44-52(80-58)60(73,39(5)51(75-44)43(65)31-38(4)50-37(3)20-24-57(79-50)23-10-13-29-74-57)81-55(71)62-28-12-7-11-27-61-48(67)15-9-8-14-46-49-42(34-82-46)63-54(70)64-49/h16-17,32,36-38,40-47,49-52,65-66,72-73H,5,7-15,18-31,33-34H2,1-4,6H3,(H,61,67)(H,62,71)(H,68,69)(H2,63,64,70)/t36-,37-,38+,40+,41+,42+,43+,44-,45+,46+,47-,49+,50+,51+,52-,56-,57+,58-,59-,60+/m1/s1. The number of carbonyl (C=O) groups is 4. The molecule has 9 aliphatic heterocycles. The number of nitrogens with one attached hydrogen (secondary N) is 4. The van der Waals surface area contributed by atoms with Crippen molar-refractivity contribution in [3.63, 3.8) is 0 Å². The summed E-state index contributed by atoms with van der Waals surface area (Å²) in [5, 5.41) is 68.4. The maximum atomic E-state index is 13.8. The van der Waals surface area contributed by atoms with E-state index in [9.17, 15) is 44.7 Å². The van der Waals surface area contributed by atoms with Crippen LogP contribution in [0.2, 0.25) is 0 Å². The highest BCUT2D eigenvalue weighted by Crippen LogP contribution is 2.50. The minimum Gasteiger partial charge on any atom is -0.479 e. The van der Waals surface area contributed by atoms with Gasteiger partial charge in [-0.3, -0.25) is 4.79 Å². The van der Waals surface area contributed by atoms with Gasteiger partial charge in [0.2, 0.25) is 11.7 Å². The average molecular weight is 1180 g/mol. The lowest BCUT2D eigenvalue weighted by Gasteiger charge is -2.53. The number of carbonyl (C=O) groups excluding carboxylic acids is 3. The van der Waals surface area contributed by atoms with Crippen molar-refractivity contribution in [2.75, 3.05) is 25.4 Å². The van der Waals surface area contributed by atoms with E-state index in [4.69, 9.17) is 37.9 Å². The van der Waals surface area contributed by atoms with Crippen LogP contribution in [-0.4, -0.2) is 176 Å². The highest BCUT2D eigenvalue weighted by atomic mass is 32.2. The number of alkyl carbamates (subject to hydrolysis) is 1. The number of unbranched alkanes of at least 4 members (excludes halogenated alkanes) is 3. The SMILES string of the molecule is C=C1[C@@H]([C@@H](O)C[C@H](C)[C@H]2O[C@@]3(CCCCO3)CC[C@H]2C)O[C@@H]2CC[C@@]3(CC[C@H](C=C[C@@H](C)[C@@H]4CC(C)=C[C@@]5(O[C@H](C[C@@](C)(O)C(=O)O)CC[C@H]5O)O4)O3)O[C@H]2[C@@]1(O)OC(=O)NCCCCCNC(=O)CCCC[C@@H]1SC[C@@H]2NC(=O)N[C@@H]21. The number of aliphatic hydroxyl groups excluding tert-OH is 2. The first kappa shape index (κ1) is 63.1. The number of hydrogen-bond donors (Lipinski definition) is 9. The van der Waals surface area contributed by atoms with Gasteiger partial charge >= 0.3 is 18.1 Å². The lowest BCUT2D eigenvalue weighted by molar-refractivity contribution is -0.367. The Bertz CT molecular complexity index is 2320. The Balaban J connectivity index is 0.792. The summed E-state index contributed by atoms with van der Waals surface area (Å²) in [7, 11) is 0. The van der Waals surface area contributed by atoms with Gasteiger partial charge in [0.15, 0.2) is 23.3 Å². The molecule has 0 radical (unpaired) electrons. The molecule has 21 nitrogen and oxygen atoms in total. The van der Waals surface area contributed by atoms with Crippen molar-refractivity contribution in [2.24, 2.45) is 17.8 Å². The maximum absolute atomic E-state index is 13.8. The van der Waals surface area contributed by atoms with Crippen LogP contribution in [0.15, 0.2) is 36.0 Å². The summed E-state index contributed by atoms with van der Waals surface area (Å²) in [6.07, 6.45) is 10.6. The minimum atomic E-state index is -2.43. The van der Waals surface area contributed by atoms with E-state index in [-0.39, 0.29) is 72.8 Å². The number of amides is 4. The number of aliphatic carboxylic acids is 1. The summed E-state index contributed by atoms with van der Waals surface area (Å²) in [4.78, 5) is 49.8. The predicted octanol–water partition coefficient (Wildman–Crippen LogP) is 6.28. The zero-order chi connectivity index (χ0) is 58.6. The smallest absolute Gasteiger partial charge is 0.410 e. The molecule has 9 N–H and O–H groups in total. The summed E-state index contributed by atoms with van der Waals surface area (Å²) in [6, 6.07) is 0.248. The largest absolute Gasteiger partial charge is 0.479 e. The van der Waals surface area contributed by atoms with Gasteiger partial charge in [0.1, 0.15) is 12.2 Å². The van der Waals surface area contributed by atoms with Gasteiger partial charge in [-0.05, 0) is 122 Å². The topological polar surface area (TPSA) is 291 Å². The molecule has 0 aromatic carbocycles. The van der Waals surface area contributed by atoms with Crippen molar-refractivity contribution < 1.29 is 82.6 Å². The van der Waals surface area contributed by atoms with Crippen molar-refractivity contribution in [1.82, 2.24) is 21.3 Å². The van der Waals surface area contributed by atoms with Crippen molar-refractivity contribution >= 4 is 35.8 Å². The van der Waals surface area contributed by atoms with Crippen LogP contribution in [0.4, 0.5) is 9.59 Å². The van der Waals surface area contributed by atoms with Crippen molar-refractivity contribution in [3.8, 4) is 0 Å². The molecular formula is C60H94N4O17S. The van der Waals surface area contributed by atoms with E-state index in [2.05, 4.69) is 34.8 Å². The van der Waals surface area contributed by atoms with E-state index in [1.54, 1.807) is 6.08 Å². The Morgan fingerprint density at radius 2 is 1.72 bits per heavy atom. The quantitative estimate of drug-likeness (QED) is 0.0249. The number of ether oxygens (including phenoxy) is 8. The average Bonchev–Trinajstić information content (AvgIpc) is 3.69. The number of fused-ring (bicyclic) bond motifs is 2. The summed E-state index contributed by atoms with van der Waals surface area (Å²) in [5.74, 6) is -6.29. The molecule has 9 aliphatic rings. The Morgan fingerprint density at radius 1 is 0.951 bits per heavy atom. The molecule has 9 rings (SSSR count). The van der Waals surface area contributed by atoms with Gasteiger partial charge in [-0.25, -0.2) is 14.4 Å². The fraction of sp³-hybridized carbons (Fsp3) is 0.833. The van der Waals surface area contributed by atoms with Gasteiger partial charge in [-0.2, -0.15) is 11.8 Å². The molecule has 22 heteroatoms. The van der Waals surface area contributed by atoms with E-state index in [1.165, 1.54) is 6.92 Å². The highest BCUT2D eigenvalue weighted by molar-refractivity contribution is 8.00. The molecule has 0 aromatic rings. The summed E-state index contributed by atoms with van der Waals surface area (Å²) in [5.41, 5.74) is -1.12. The third-order valence-electron chi connectivity index (χ3n) is 18.9. The first-order valence-corrected chi connectivity index (χ1v) is 31.8. The van der Waals surface area contributed by atoms with Crippen LogP contribution in [0.3, 0.4) is 0 Å². The van der Waals surface area contributed by atoms with Crippen LogP contribution in [-0.2, 0) is 47.5 Å². The molecule has 0 unspecified atom stereocenters. The van der Waals surface area contributed by atoms with Crippen LogP contribution in [0.1, 0.15) is 169 Å². The van der Waals surface area contributed by atoms with E-state index >= 15 is 0 Å². The van der Waals surface area contributed by atoms with Crippen LogP contribution >= 0.6 is 11.8 Å². The van der Waals surface area contributed by atoms with Crippen LogP contribution in [0.5, 0.6) is 0 Å². The molecule has 3 spiro atoms. The Morgan fingerprint density at radius 3 is 2.49 bits per heavy atom. The van der Waals surface area contributed by atoms with E-state index in [0.29, 0.717) is 89.0 Å². The first-order valence-electron chi connectivity index (χ1n) is 30.7. The van der Waals surface area contributed by atoms with Gasteiger partial charge in [0.25, 0.3) is 5.79 Å². The molecule has 0 saturated carbocycles. The minimum absolute atomic E-state index is 0.000214. The predicted molar refractivity (Wildman–Crippen MR) is 302 cm³/mol. The van der Waals surface area contributed by atoms with Crippen molar-refractivity contribution in [3.05, 3.63) is 36.0 Å². The van der Waals surface area contributed by atoms with Gasteiger partial charge in [0, 0.05) is 74.1 Å². The summed E-state index contributed by atoms with van der Waals surface area (Å²) < 4.78 is 52.0. The first-order chi connectivity index (χ1) is 39.0.